The Hall–Kier alpha value is -0.0800. The molecule has 1 rings (SSSR count). The van der Waals surface area contributed by atoms with Gasteiger partial charge in [0.1, 0.15) is 0 Å². The van der Waals surface area contributed by atoms with Crippen molar-refractivity contribution in [3.63, 3.8) is 0 Å². The van der Waals surface area contributed by atoms with E-state index in [1.165, 1.54) is 0 Å². The second-order valence-electron chi connectivity index (χ2n) is 4.07. The molecule has 0 bridgehead atoms. The van der Waals surface area contributed by atoms with Gasteiger partial charge in [-0.3, -0.25) is 0 Å². The summed E-state index contributed by atoms with van der Waals surface area (Å²) in [7, 11) is 0. The molecule has 0 aliphatic heterocycles. The van der Waals surface area contributed by atoms with Crippen LogP contribution in [0.1, 0.15) is 39.0 Å². The fourth-order valence-electron chi connectivity index (χ4n) is 2.21. The van der Waals surface area contributed by atoms with E-state index in [1.807, 2.05) is 0 Å². The molecule has 0 spiro atoms. The number of aliphatic hydroxyl groups is 2. The Morgan fingerprint density at radius 2 is 2.08 bits per heavy atom. The lowest BCUT2D eigenvalue weighted by Crippen LogP contribution is -2.26. The zero-order chi connectivity index (χ0) is 8.97. The fraction of sp³-hybridized carbons (Fsp3) is 1.00. The minimum absolute atomic E-state index is 0.0645. The topological polar surface area (TPSA) is 40.5 Å². The Labute approximate surface area is 74.6 Å². The lowest BCUT2D eigenvalue weighted by Gasteiger charge is -2.31. The molecule has 2 nitrogen and oxygen atoms in total. The van der Waals surface area contributed by atoms with Crippen molar-refractivity contribution in [2.45, 2.75) is 45.1 Å². The van der Waals surface area contributed by atoms with Crippen LogP contribution in [0.3, 0.4) is 0 Å². The highest BCUT2D eigenvalue weighted by atomic mass is 16.3. The van der Waals surface area contributed by atoms with Gasteiger partial charge in [0, 0.05) is 6.61 Å². The highest BCUT2D eigenvalue weighted by Gasteiger charge is 2.25. The van der Waals surface area contributed by atoms with E-state index in [1.54, 1.807) is 0 Å². The maximum Gasteiger partial charge on any atom is 0.0543 e. The van der Waals surface area contributed by atoms with Crippen molar-refractivity contribution < 1.29 is 10.2 Å². The maximum atomic E-state index is 9.37. The summed E-state index contributed by atoms with van der Waals surface area (Å²) in [5.41, 5.74) is 0. The quantitative estimate of drug-likeness (QED) is 0.678. The molecule has 0 heterocycles. The first-order valence-electron chi connectivity index (χ1n) is 5.03. The molecule has 0 aromatic rings. The maximum absolute atomic E-state index is 9.37. The molecule has 0 aromatic heterocycles. The van der Waals surface area contributed by atoms with Crippen molar-refractivity contribution in [3.8, 4) is 0 Å². The highest BCUT2D eigenvalue weighted by molar-refractivity contribution is 4.76. The van der Waals surface area contributed by atoms with Gasteiger partial charge in [-0.1, -0.05) is 6.92 Å². The molecule has 0 saturated heterocycles. The molecule has 1 fully saturated rings. The van der Waals surface area contributed by atoms with Crippen molar-refractivity contribution in [2.24, 2.45) is 11.8 Å². The number of hydrogen-bond donors (Lipinski definition) is 2. The largest absolute Gasteiger partial charge is 0.396 e. The summed E-state index contributed by atoms with van der Waals surface area (Å²) in [6.45, 7) is 2.52. The molecule has 0 radical (unpaired) electrons. The molecule has 1 aliphatic rings. The molecule has 2 N–H and O–H groups in total. The van der Waals surface area contributed by atoms with E-state index in [9.17, 15) is 5.11 Å². The van der Waals surface area contributed by atoms with Crippen LogP contribution < -0.4 is 0 Å². The first kappa shape index (κ1) is 10.0. The summed E-state index contributed by atoms with van der Waals surface area (Å²) in [5, 5.41) is 18.1. The SMILES string of the molecule is CC1C[C@H](O)CC[C@H]1CCCO. The molecule has 0 aromatic carbocycles. The van der Waals surface area contributed by atoms with Gasteiger partial charge in [-0.2, -0.15) is 0 Å². The minimum Gasteiger partial charge on any atom is -0.396 e. The van der Waals surface area contributed by atoms with Gasteiger partial charge in [0.15, 0.2) is 0 Å². The van der Waals surface area contributed by atoms with Gasteiger partial charge in [-0.05, 0) is 43.9 Å². The van der Waals surface area contributed by atoms with Crippen molar-refractivity contribution >= 4 is 0 Å². The van der Waals surface area contributed by atoms with E-state index in [2.05, 4.69) is 6.92 Å². The first-order valence-corrected chi connectivity index (χ1v) is 5.03. The van der Waals surface area contributed by atoms with Crippen LogP contribution in [-0.2, 0) is 0 Å². The Kier molecular flexibility index (Phi) is 4.02. The van der Waals surface area contributed by atoms with Gasteiger partial charge in [0.05, 0.1) is 6.10 Å². The zero-order valence-electron chi connectivity index (χ0n) is 7.87. The molecule has 0 amide bonds. The fourth-order valence-corrected chi connectivity index (χ4v) is 2.21. The van der Waals surface area contributed by atoms with Gasteiger partial charge in [-0.25, -0.2) is 0 Å². The van der Waals surface area contributed by atoms with Crippen LogP contribution in [0, 0.1) is 11.8 Å². The Balaban J connectivity index is 2.25. The van der Waals surface area contributed by atoms with Crippen LogP contribution in [0.15, 0.2) is 0 Å². The van der Waals surface area contributed by atoms with E-state index in [4.69, 9.17) is 5.11 Å². The zero-order valence-corrected chi connectivity index (χ0v) is 7.87. The van der Waals surface area contributed by atoms with Gasteiger partial charge >= 0.3 is 0 Å². The molecule has 1 saturated carbocycles. The average Bonchev–Trinajstić information content (AvgIpc) is 2.03. The minimum atomic E-state index is -0.0645. The smallest absolute Gasteiger partial charge is 0.0543 e. The highest BCUT2D eigenvalue weighted by Crippen LogP contribution is 2.32. The third-order valence-electron chi connectivity index (χ3n) is 3.05. The van der Waals surface area contributed by atoms with Crippen molar-refractivity contribution in [1.29, 1.82) is 0 Å². The summed E-state index contributed by atoms with van der Waals surface area (Å²) >= 11 is 0. The van der Waals surface area contributed by atoms with E-state index < -0.39 is 0 Å². The van der Waals surface area contributed by atoms with Crippen LogP contribution in [0.5, 0.6) is 0 Å². The van der Waals surface area contributed by atoms with E-state index in [-0.39, 0.29) is 6.10 Å². The number of rotatable bonds is 3. The molecular formula is C10H20O2. The van der Waals surface area contributed by atoms with E-state index >= 15 is 0 Å². The monoisotopic (exact) mass is 172 g/mol. The molecule has 72 valence electrons. The lowest BCUT2D eigenvalue weighted by molar-refractivity contribution is 0.0699. The number of aliphatic hydroxyl groups excluding tert-OH is 2. The van der Waals surface area contributed by atoms with Crippen LogP contribution in [0.4, 0.5) is 0 Å². The van der Waals surface area contributed by atoms with Gasteiger partial charge in [0.25, 0.3) is 0 Å². The average molecular weight is 172 g/mol. The van der Waals surface area contributed by atoms with E-state index in [0.29, 0.717) is 12.5 Å². The summed E-state index contributed by atoms with van der Waals surface area (Å²) in [6.07, 6.45) is 5.04. The summed E-state index contributed by atoms with van der Waals surface area (Å²) in [5.74, 6) is 1.38. The third-order valence-corrected chi connectivity index (χ3v) is 3.05. The van der Waals surface area contributed by atoms with Crippen LogP contribution in [0.25, 0.3) is 0 Å². The standard InChI is InChI=1S/C10H20O2/c1-8-7-10(12)5-4-9(8)3-2-6-11/h8-12H,2-7H2,1H3/t8?,9-,10-/m1/s1. The number of hydrogen-bond acceptors (Lipinski definition) is 2. The van der Waals surface area contributed by atoms with Crippen molar-refractivity contribution in [2.75, 3.05) is 6.61 Å². The van der Waals surface area contributed by atoms with Gasteiger partial charge in [0.2, 0.25) is 0 Å². The normalized spacial score (nSPS) is 36.8. The van der Waals surface area contributed by atoms with Crippen LogP contribution in [-0.4, -0.2) is 22.9 Å². The molecule has 1 aliphatic carbocycles. The van der Waals surface area contributed by atoms with Crippen molar-refractivity contribution in [3.05, 3.63) is 0 Å². The van der Waals surface area contributed by atoms with E-state index in [0.717, 1.165) is 38.0 Å². The Bertz CT molecular complexity index is 123. The third kappa shape index (κ3) is 2.76. The molecule has 12 heavy (non-hydrogen) atoms. The van der Waals surface area contributed by atoms with Gasteiger partial charge < -0.3 is 10.2 Å². The summed E-state index contributed by atoms with van der Waals surface area (Å²) in [4.78, 5) is 0. The molecule has 3 atom stereocenters. The summed E-state index contributed by atoms with van der Waals surface area (Å²) in [6, 6.07) is 0. The second-order valence-corrected chi connectivity index (χ2v) is 4.07. The molecular weight excluding hydrogens is 152 g/mol. The predicted octanol–water partition coefficient (Wildman–Crippen LogP) is 1.56. The lowest BCUT2D eigenvalue weighted by atomic mass is 9.77. The molecule has 2 heteroatoms. The molecule has 1 unspecified atom stereocenters. The van der Waals surface area contributed by atoms with Gasteiger partial charge in [-0.15, -0.1) is 0 Å². The predicted molar refractivity (Wildman–Crippen MR) is 48.8 cm³/mol. The van der Waals surface area contributed by atoms with Crippen molar-refractivity contribution in [1.82, 2.24) is 0 Å². The van der Waals surface area contributed by atoms with Crippen LogP contribution >= 0.6 is 0 Å². The summed E-state index contributed by atoms with van der Waals surface area (Å²) < 4.78 is 0. The Morgan fingerprint density at radius 3 is 2.67 bits per heavy atom. The Morgan fingerprint density at radius 1 is 1.33 bits per heavy atom. The van der Waals surface area contributed by atoms with Crippen LogP contribution in [0.2, 0.25) is 0 Å². The first-order chi connectivity index (χ1) is 5.74. The second kappa shape index (κ2) is 4.83.